The van der Waals surface area contributed by atoms with E-state index in [1.807, 2.05) is 0 Å². The smallest absolute Gasteiger partial charge is 0.287 e. The average Bonchev–Trinajstić information content (AvgIpc) is 3.40. The number of aromatic nitrogens is 2. The van der Waals surface area contributed by atoms with Crippen molar-refractivity contribution < 1.29 is 13.6 Å². The van der Waals surface area contributed by atoms with Crippen LogP contribution >= 0.6 is 15.9 Å². The van der Waals surface area contributed by atoms with Gasteiger partial charge >= 0.3 is 0 Å². The van der Waals surface area contributed by atoms with Crippen LogP contribution in [0.15, 0.2) is 33.7 Å². The van der Waals surface area contributed by atoms with E-state index in [-0.39, 0.29) is 16.2 Å². The highest BCUT2D eigenvalue weighted by molar-refractivity contribution is 9.10. The lowest BCUT2D eigenvalue weighted by Gasteiger charge is -2.17. The number of carbonyl (C=O) groups excluding carboxylic acids is 1. The first-order chi connectivity index (χ1) is 11.9. The Morgan fingerprint density at radius 3 is 2.80 bits per heavy atom. The number of H-pyrrole nitrogens is 1. The second-order valence-corrected chi connectivity index (χ2v) is 7.01. The lowest BCUT2D eigenvalue weighted by atomic mass is 9.94. The Labute approximate surface area is 151 Å². The predicted molar refractivity (Wildman–Crippen MR) is 91.2 cm³/mol. The van der Waals surface area contributed by atoms with Crippen molar-refractivity contribution in [3.8, 4) is 0 Å². The fraction of sp³-hybridized carbons (Fsp3) is 0.353. The van der Waals surface area contributed by atoms with Crippen LogP contribution in [0, 0.1) is 23.5 Å². The minimum absolute atomic E-state index is 0.0473. The van der Waals surface area contributed by atoms with Gasteiger partial charge in [0.25, 0.3) is 11.5 Å². The van der Waals surface area contributed by atoms with Crippen LogP contribution in [0.2, 0.25) is 0 Å². The molecule has 0 spiro atoms. The number of halogens is 3. The number of carbonyl (C=O) groups is 1. The molecule has 2 aromatic rings. The van der Waals surface area contributed by atoms with Gasteiger partial charge in [0, 0.05) is 18.8 Å². The third kappa shape index (κ3) is 4.50. The molecular formula is C17H16BrF2N3O2. The summed E-state index contributed by atoms with van der Waals surface area (Å²) in [7, 11) is 0. The van der Waals surface area contributed by atoms with Crippen molar-refractivity contribution in [2.45, 2.75) is 19.3 Å². The fourth-order valence-electron chi connectivity index (χ4n) is 2.75. The number of aromatic amines is 1. The number of hydrogen-bond acceptors (Lipinski definition) is 3. The van der Waals surface area contributed by atoms with E-state index in [0.717, 1.165) is 18.9 Å². The average molecular weight is 412 g/mol. The third-order valence-electron chi connectivity index (χ3n) is 4.28. The third-order valence-corrected chi connectivity index (χ3v) is 4.85. The van der Waals surface area contributed by atoms with E-state index in [1.54, 1.807) is 0 Å². The molecule has 1 aliphatic carbocycles. The van der Waals surface area contributed by atoms with Crippen LogP contribution in [0.5, 0.6) is 0 Å². The van der Waals surface area contributed by atoms with Crippen LogP contribution in [-0.2, 0) is 6.42 Å². The second-order valence-electron chi connectivity index (χ2n) is 6.16. The second kappa shape index (κ2) is 7.43. The number of rotatable bonds is 6. The Balaban J connectivity index is 1.65. The molecule has 0 bridgehead atoms. The minimum Gasteiger partial charge on any atom is -0.349 e. The maximum atomic E-state index is 13.9. The molecule has 1 aromatic heterocycles. The molecule has 1 fully saturated rings. The largest absolute Gasteiger partial charge is 0.349 e. The summed E-state index contributed by atoms with van der Waals surface area (Å²) in [5, 5.41) is 2.73. The Hall–Kier alpha value is -2.09. The summed E-state index contributed by atoms with van der Waals surface area (Å²) in [6.07, 6.45) is 3.73. The van der Waals surface area contributed by atoms with Gasteiger partial charge in [0.1, 0.15) is 16.1 Å². The van der Waals surface area contributed by atoms with Crippen LogP contribution in [0.1, 0.15) is 29.0 Å². The molecule has 5 nitrogen and oxygen atoms in total. The van der Waals surface area contributed by atoms with Crippen LogP contribution in [0.25, 0.3) is 0 Å². The molecule has 1 saturated carbocycles. The maximum absolute atomic E-state index is 13.9. The number of amides is 1. The van der Waals surface area contributed by atoms with E-state index in [9.17, 15) is 18.4 Å². The van der Waals surface area contributed by atoms with E-state index >= 15 is 0 Å². The molecule has 2 N–H and O–H groups in total. The topological polar surface area (TPSA) is 74.8 Å². The van der Waals surface area contributed by atoms with Crippen molar-refractivity contribution in [3.05, 3.63) is 62.2 Å². The van der Waals surface area contributed by atoms with E-state index in [0.29, 0.717) is 24.4 Å². The van der Waals surface area contributed by atoms with E-state index < -0.39 is 23.1 Å². The standard InChI is InChI=1S/C17H16BrF2N3O2/c18-13-8-21-15(23-16(13)24)17(25)22-7-11(9-1-2-9)5-10-3-4-12(19)6-14(10)20/h3-4,6,8-9,11H,1-2,5,7H2,(H,22,25)(H,21,23,24)/t11-/m0/s1. The summed E-state index contributed by atoms with van der Waals surface area (Å²) in [6, 6.07) is 3.54. The molecule has 0 unspecified atom stereocenters. The highest BCUT2D eigenvalue weighted by atomic mass is 79.9. The van der Waals surface area contributed by atoms with Gasteiger partial charge in [-0.05, 0) is 58.7 Å². The lowest BCUT2D eigenvalue weighted by Crippen LogP contribution is -2.33. The van der Waals surface area contributed by atoms with Gasteiger partial charge < -0.3 is 10.3 Å². The minimum atomic E-state index is -0.609. The van der Waals surface area contributed by atoms with Gasteiger partial charge in [-0.1, -0.05) is 6.07 Å². The van der Waals surface area contributed by atoms with E-state index in [1.165, 1.54) is 18.3 Å². The monoisotopic (exact) mass is 411 g/mol. The summed E-state index contributed by atoms with van der Waals surface area (Å²) in [4.78, 5) is 29.9. The summed E-state index contributed by atoms with van der Waals surface area (Å²) in [5.74, 6) is -1.29. The highest BCUT2D eigenvalue weighted by Crippen LogP contribution is 2.38. The summed E-state index contributed by atoms with van der Waals surface area (Å²) in [5.41, 5.74) is -0.00463. The van der Waals surface area contributed by atoms with Crippen LogP contribution < -0.4 is 10.9 Å². The van der Waals surface area contributed by atoms with Crippen LogP contribution in [0.4, 0.5) is 8.78 Å². The fourth-order valence-corrected chi connectivity index (χ4v) is 2.95. The van der Waals surface area contributed by atoms with Crippen molar-refractivity contribution in [1.29, 1.82) is 0 Å². The van der Waals surface area contributed by atoms with Crippen LogP contribution in [0.3, 0.4) is 0 Å². The number of nitrogens with zero attached hydrogens (tertiary/aromatic N) is 1. The molecule has 25 heavy (non-hydrogen) atoms. The first-order valence-electron chi connectivity index (χ1n) is 7.91. The highest BCUT2D eigenvalue weighted by Gasteiger charge is 2.32. The van der Waals surface area contributed by atoms with Gasteiger partial charge in [-0.2, -0.15) is 0 Å². The zero-order valence-electron chi connectivity index (χ0n) is 13.2. The molecule has 1 aromatic carbocycles. The molecule has 0 aliphatic heterocycles. The van der Waals surface area contributed by atoms with E-state index in [4.69, 9.17) is 0 Å². The molecular weight excluding hydrogens is 396 g/mol. The number of nitrogens with one attached hydrogen (secondary N) is 2. The van der Waals surface area contributed by atoms with Crippen molar-refractivity contribution in [3.63, 3.8) is 0 Å². The van der Waals surface area contributed by atoms with Gasteiger partial charge in [0.2, 0.25) is 0 Å². The first-order valence-corrected chi connectivity index (χ1v) is 8.70. The van der Waals surface area contributed by atoms with Crippen LogP contribution in [-0.4, -0.2) is 22.4 Å². The van der Waals surface area contributed by atoms with Crippen molar-refractivity contribution >= 4 is 21.8 Å². The van der Waals surface area contributed by atoms with Crippen molar-refractivity contribution in [2.24, 2.45) is 11.8 Å². The van der Waals surface area contributed by atoms with Crippen molar-refractivity contribution in [1.82, 2.24) is 15.3 Å². The molecule has 0 radical (unpaired) electrons. The summed E-state index contributed by atoms with van der Waals surface area (Å²) < 4.78 is 27.1. The van der Waals surface area contributed by atoms with Gasteiger partial charge in [-0.3, -0.25) is 9.59 Å². The zero-order valence-corrected chi connectivity index (χ0v) is 14.8. The van der Waals surface area contributed by atoms with Gasteiger partial charge in [-0.25, -0.2) is 13.8 Å². The normalized spacial score (nSPS) is 15.0. The molecule has 1 heterocycles. The first kappa shape index (κ1) is 17.7. The Bertz CT molecular complexity index is 852. The summed E-state index contributed by atoms with van der Waals surface area (Å²) >= 11 is 3.02. The molecule has 0 saturated heterocycles. The van der Waals surface area contributed by atoms with E-state index in [2.05, 4.69) is 31.2 Å². The Morgan fingerprint density at radius 2 is 2.16 bits per heavy atom. The molecule has 3 rings (SSSR count). The maximum Gasteiger partial charge on any atom is 0.287 e. The molecule has 1 amide bonds. The predicted octanol–water partition coefficient (Wildman–Crippen LogP) is 2.81. The van der Waals surface area contributed by atoms with Gasteiger partial charge in [0.05, 0.1) is 0 Å². The quantitative estimate of drug-likeness (QED) is 0.767. The summed E-state index contributed by atoms with van der Waals surface area (Å²) in [6.45, 7) is 0.333. The Kier molecular flexibility index (Phi) is 5.27. The number of benzene rings is 1. The van der Waals surface area contributed by atoms with Gasteiger partial charge in [0.15, 0.2) is 5.82 Å². The number of hydrogen-bond donors (Lipinski definition) is 2. The lowest BCUT2D eigenvalue weighted by molar-refractivity contribution is 0.0934. The van der Waals surface area contributed by atoms with Gasteiger partial charge in [-0.15, -0.1) is 0 Å². The SMILES string of the molecule is O=C(NC[C@H](Cc1ccc(F)cc1F)C1CC1)c1ncc(Br)c(=O)[nH]1. The molecule has 8 heteroatoms. The molecule has 1 aliphatic rings. The molecule has 1 atom stereocenters. The Morgan fingerprint density at radius 1 is 1.40 bits per heavy atom. The zero-order chi connectivity index (χ0) is 18.0. The molecule has 132 valence electrons. The van der Waals surface area contributed by atoms with Crippen molar-refractivity contribution in [2.75, 3.05) is 6.54 Å².